The van der Waals surface area contributed by atoms with Gasteiger partial charge in [-0.3, -0.25) is 9.89 Å². The number of aromatic amines is 1. The maximum Gasteiger partial charge on any atom is 0.263 e. The zero-order chi connectivity index (χ0) is 13.7. The van der Waals surface area contributed by atoms with Crippen LogP contribution in [0.4, 0.5) is 5.82 Å². The Labute approximate surface area is 112 Å². The minimum Gasteiger partial charge on any atom is -0.484 e. The number of nitrogens with one attached hydrogen (secondary N) is 2. The van der Waals surface area contributed by atoms with Gasteiger partial charge in [0.25, 0.3) is 5.91 Å². The van der Waals surface area contributed by atoms with E-state index in [1.165, 1.54) is 0 Å². The van der Waals surface area contributed by atoms with E-state index in [-0.39, 0.29) is 12.5 Å². The summed E-state index contributed by atoms with van der Waals surface area (Å²) in [7, 11) is 0. The highest BCUT2D eigenvalue weighted by Crippen LogP contribution is 2.14. The molecule has 0 bridgehead atoms. The van der Waals surface area contributed by atoms with Crippen LogP contribution in [0.2, 0.25) is 0 Å². The van der Waals surface area contributed by atoms with Gasteiger partial charge in [0.05, 0.1) is 0 Å². The highest BCUT2D eigenvalue weighted by molar-refractivity contribution is 5.90. The molecular formula is C14H17N3O2. The zero-order valence-electron chi connectivity index (χ0n) is 11.0. The van der Waals surface area contributed by atoms with Crippen molar-refractivity contribution >= 4 is 11.7 Å². The number of rotatable bonds is 5. The van der Waals surface area contributed by atoms with Crippen LogP contribution in [-0.4, -0.2) is 22.7 Å². The number of amides is 1. The Morgan fingerprint density at radius 2 is 2.11 bits per heavy atom. The van der Waals surface area contributed by atoms with Crippen molar-refractivity contribution in [2.45, 2.75) is 19.8 Å². The predicted molar refractivity (Wildman–Crippen MR) is 73.2 cm³/mol. The largest absolute Gasteiger partial charge is 0.484 e. The number of carbonyl (C=O) groups is 1. The van der Waals surface area contributed by atoms with Crippen molar-refractivity contribution in [3.63, 3.8) is 0 Å². The Balaban J connectivity index is 1.84. The van der Waals surface area contributed by atoms with Gasteiger partial charge in [-0.25, -0.2) is 0 Å². The van der Waals surface area contributed by atoms with Gasteiger partial charge in [0.15, 0.2) is 12.4 Å². The van der Waals surface area contributed by atoms with Gasteiger partial charge in [-0.2, -0.15) is 5.10 Å². The van der Waals surface area contributed by atoms with Gasteiger partial charge in [0.2, 0.25) is 0 Å². The molecule has 2 rings (SSSR count). The minimum absolute atomic E-state index is 0.0338. The van der Waals surface area contributed by atoms with E-state index in [0.29, 0.717) is 17.5 Å². The van der Waals surface area contributed by atoms with Crippen LogP contribution in [0.5, 0.6) is 5.75 Å². The normalized spacial score (nSPS) is 10.5. The van der Waals surface area contributed by atoms with Crippen molar-refractivity contribution in [2.24, 2.45) is 0 Å². The van der Waals surface area contributed by atoms with E-state index >= 15 is 0 Å². The van der Waals surface area contributed by atoms with Crippen LogP contribution in [0.15, 0.2) is 36.4 Å². The maximum atomic E-state index is 11.7. The average Bonchev–Trinajstić information content (AvgIpc) is 2.86. The molecule has 0 saturated carbocycles. The van der Waals surface area contributed by atoms with Crippen molar-refractivity contribution in [2.75, 3.05) is 11.9 Å². The SMILES string of the molecule is CC(C)c1cc(NC(=O)COc2ccccc2)n[nH]1. The molecule has 5 heteroatoms. The van der Waals surface area contributed by atoms with Crippen LogP contribution in [0.3, 0.4) is 0 Å². The topological polar surface area (TPSA) is 67.0 Å². The van der Waals surface area contributed by atoms with E-state index in [9.17, 15) is 4.79 Å². The van der Waals surface area contributed by atoms with Gasteiger partial charge < -0.3 is 10.1 Å². The molecule has 2 N–H and O–H groups in total. The average molecular weight is 259 g/mol. The molecule has 0 atom stereocenters. The summed E-state index contributed by atoms with van der Waals surface area (Å²) in [6.45, 7) is 4.07. The Morgan fingerprint density at radius 3 is 2.74 bits per heavy atom. The third-order valence-electron chi connectivity index (χ3n) is 2.60. The van der Waals surface area contributed by atoms with E-state index in [4.69, 9.17) is 4.74 Å². The van der Waals surface area contributed by atoms with Crippen LogP contribution in [0.25, 0.3) is 0 Å². The highest BCUT2D eigenvalue weighted by atomic mass is 16.5. The number of ether oxygens (including phenoxy) is 1. The molecule has 0 aliphatic heterocycles. The number of anilines is 1. The summed E-state index contributed by atoms with van der Waals surface area (Å²) < 4.78 is 5.34. The molecule has 0 radical (unpaired) electrons. The lowest BCUT2D eigenvalue weighted by Crippen LogP contribution is -2.20. The van der Waals surface area contributed by atoms with E-state index in [1.54, 1.807) is 12.1 Å². The van der Waals surface area contributed by atoms with Gasteiger partial charge in [-0.1, -0.05) is 32.0 Å². The van der Waals surface area contributed by atoms with Crippen molar-refractivity contribution in [1.29, 1.82) is 0 Å². The lowest BCUT2D eigenvalue weighted by atomic mass is 10.1. The molecule has 1 amide bonds. The molecule has 1 aromatic carbocycles. The lowest BCUT2D eigenvalue weighted by Gasteiger charge is -2.05. The number of carbonyl (C=O) groups excluding carboxylic acids is 1. The number of nitrogens with zero attached hydrogens (tertiary/aromatic N) is 1. The van der Waals surface area contributed by atoms with Crippen molar-refractivity contribution in [3.8, 4) is 5.75 Å². The van der Waals surface area contributed by atoms with E-state index in [2.05, 4.69) is 29.4 Å². The molecule has 5 nitrogen and oxygen atoms in total. The summed E-state index contributed by atoms with van der Waals surface area (Å²) in [4.78, 5) is 11.7. The van der Waals surface area contributed by atoms with Crippen molar-refractivity contribution in [3.05, 3.63) is 42.1 Å². The summed E-state index contributed by atoms with van der Waals surface area (Å²) >= 11 is 0. The minimum atomic E-state index is -0.231. The molecule has 0 aliphatic carbocycles. The first kappa shape index (κ1) is 13.1. The Kier molecular flexibility index (Phi) is 4.18. The fourth-order valence-electron chi connectivity index (χ4n) is 1.54. The molecule has 2 aromatic rings. The lowest BCUT2D eigenvalue weighted by molar-refractivity contribution is -0.118. The molecule has 0 spiro atoms. The molecule has 1 aromatic heterocycles. The standard InChI is InChI=1S/C14H17N3O2/c1-10(2)12-8-13(17-16-12)15-14(18)9-19-11-6-4-3-5-7-11/h3-8,10H,9H2,1-2H3,(H2,15,16,17,18). The Bertz CT molecular complexity index is 535. The molecule has 100 valence electrons. The third kappa shape index (κ3) is 3.84. The molecule has 0 unspecified atom stereocenters. The summed E-state index contributed by atoms with van der Waals surface area (Å²) in [5.74, 6) is 1.30. The van der Waals surface area contributed by atoms with Crippen LogP contribution in [-0.2, 0) is 4.79 Å². The molecule has 0 saturated heterocycles. The summed E-state index contributed by atoms with van der Waals surface area (Å²) in [5, 5.41) is 9.58. The Hall–Kier alpha value is -2.30. The second-order valence-corrected chi connectivity index (χ2v) is 4.51. The first-order valence-electron chi connectivity index (χ1n) is 6.18. The number of H-pyrrole nitrogens is 1. The summed E-state index contributed by atoms with van der Waals surface area (Å²) in [6, 6.07) is 11.0. The smallest absolute Gasteiger partial charge is 0.263 e. The predicted octanol–water partition coefficient (Wildman–Crippen LogP) is 2.55. The van der Waals surface area contributed by atoms with Gasteiger partial charge in [-0.05, 0) is 18.1 Å². The summed E-state index contributed by atoms with van der Waals surface area (Å²) in [6.07, 6.45) is 0. The van der Waals surface area contributed by atoms with Gasteiger partial charge >= 0.3 is 0 Å². The first-order valence-corrected chi connectivity index (χ1v) is 6.18. The van der Waals surface area contributed by atoms with Gasteiger partial charge in [-0.15, -0.1) is 0 Å². The van der Waals surface area contributed by atoms with Gasteiger partial charge in [0, 0.05) is 11.8 Å². The van der Waals surface area contributed by atoms with E-state index in [1.807, 2.05) is 24.3 Å². The van der Waals surface area contributed by atoms with E-state index in [0.717, 1.165) is 5.69 Å². The first-order chi connectivity index (χ1) is 9.15. The molecule has 0 fully saturated rings. The fraction of sp³-hybridized carbons (Fsp3) is 0.286. The third-order valence-corrected chi connectivity index (χ3v) is 2.60. The van der Waals surface area contributed by atoms with Gasteiger partial charge in [0.1, 0.15) is 5.75 Å². The highest BCUT2D eigenvalue weighted by Gasteiger charge is 2.08. The number of hydrogen-bond donors (Lipinski definition) is 2. The summed E-state index contributed by atoms with van der Waals surface area (Å²) in [5.41, 5.74) is 0.985. The van der Waals surface area contributed by atoms with Crippen LogP contribution < -0.4 is 10.1 Å². The fourth-order valence-corrected chi connectivity index (χ4v) is 1.54. The second-order valence-electron chi connectivity index (χ2n) is 4.51. The maximum absolute atomic E-state index is 11.7. The van der Waals surface area contributed by atoms with Crippen molar-refractivity contribution in [1.82, 2.24) is 10.2 Å². The molecule has 19 heavy (non-hydrogen) atoms. The van der Waals surface area contributed by atoms with Crippen molar-refractivity contribution < 1.29 is 9.53 Å². The molecule has 0 aliphatic rings. The van der Waals surface area contributed by atoms with Crippen LogP contribution >= 0.6 is 0 Å². The molecule has 1 heterocycles. The molecular weight excluding hydrogens is 242 g/mol. The quantitative estimate of drug-likeness (QED) is 0.867. The van der Waals surface area contributed by atoms with Crippen LogP contribution in [0.1, 0.15) is 25.5 Å². The number of aromatic nitrogens is 2. The van der Waals surface area contributed by atoms with E-state index < -0.39 is 0 Å². The zero-order valence-corrected chi connectivity index (χ0v) is 11.0. The number of benzene rings is 1. The van der Waals surface area contributed by atoms with Crippen LogP contribution in [0, 0.1) is 0 Å². The monoisotopic (exact) mass is 259 g/mol. The second kappa shape index (κ2) is 6.04. The number of para-hydroxylation sites is 1. The Morgan fingerprint density at radius 1 is 1.37 bits per heavy atom. The number of hydrogen-bond acceptors (Lipinski definition) is 3.